The zero-order chi connectivity index (χ0) is 42.4. The van der Waals surface area contributed by atoms with Gasteiger partial charge in [-0.05, 0) is 36.4 Å². The van der Waals surface area contributed by atoms with E-state index in [0.29, 0.717) is 36.4 Å². The highest BCUT2D eigenvalue weighted by atomic mass is 16.6. The summed E-state index contributed by atoms with van der Waals surface area (Å²) in [5.74, 6) is -24.0. The van der Waals surface area contributed by atoms with E-state index in [-0.39, 0.29) is 0 Å². The lowest BCUT2D eigenvalue weighted by Gasteiger charge is -2.34. The molecule has 0 saturated heterocycles. The van der Waals surface area contributed by atoms with E-state index in [1.807, 2.05) is 0 Å². The van der Waals surface area contributed by atoms with Crippen LogP contribution in [0, 0.1) is 0 Å². The minimum absolute atomic E-state index is 0.351. The first-order valence-corrected chi connectivity index (χ1v) is 15.4. The van der Waals surface area contributed by atoms with Crippen LogP contribution in [0.3, 0.4) is 0 Å². The molecule has 23 nitrogen and oxygen atoms in total. The number of benzene rings is 4. The van der Waals surface area contributed by atoms with Crippen LogP contribution < -0.4 is 0 Å². The second-order valence-electron chi connectivity index (χ2n) is 11.8. The molecule has 0 saturated carbocycles. The monoisotopic (exact) mass is 802 g/mol. The van der Waals surface area contributed by atoms with Crippen molar-refractivity contribution in [1.29, 1.82) is 0 Å². The number of aliphatic hydroxyl groups is 1. The van der Waals surface area contributed by atoms with Gasteiger partial charge in [-0.15, -0.1) is 0 Å². The van der Waals surface area contributed by atoms with Crippen molar-refractivity contribution in [3.05, 3.63) is 58.7 Å². The summed E-state index contributed by atoms with van der Waals surface area (Å²) in [7, 11) is 0. The van der Waals surface area contributed by atoms with E-state index in [9.17, 15) is 95.5 Å². The van der Waals surface area contributed by atoms with Crippen molar-refractivity contribution < 1.29 is 114 Å². The largest absolute Gasteiger partial charge is 0.504 e. The SMILES string of the molecule is O=C(OCC(O)C(OC(=O)c1cc(O)c(O)c(O)c1)C1OC(=O)c2cc(O)c(O)c(O)c2-c2c(cc(O)c(O)c2O)C(=O)OC1C(=O)O)c1cc(O)c(O)c(O)c1. The van der Waals surface area contributed by atoms with Gasteiger partial charge in [-0.25, -0.2) is 24.0 Å². The van der Waals surface area contributed by atoms with Crippen LogP contribution >= 0.6 is 0 Å². The fourth-order valence-electron chi connectivity index (χ4n) is 5.38. The molecule has 1 aliphatic heterocycles. The number of hydrogen-bond donors (Lipinski definition) is 14. The molecule has 57 heavy (non-hydrogen) atoms. The first kappa shape index (κ1) is 40.0. The standard InChI is InChI=1S/C34H26O23/c35-12-1-8(2-13(36)21(12)42)31(50)54-7-18(41)27(55-32(51)9-3-14(37)22(43)15(38)4-9)28-29(30(48)49)57-34(53)11-6-17(40)24(45)26(47)20(11)19-10(33(52)56-28)5-16(39)23(44)25(19)46/h1-6,18,27-29,35-47H,7H2,(H,48,49). The number of carboxylic acids is 1. The Bertz CT molecular complexity index is 2320. The summed E-state index contributed by atoms with van der Waals surface area (Å²) in [6.45, 7) is -1.39. The number of carbonyl (C=O) groups excluding carboxylic acids is 4. The molecule has 300 valence electrons. The van der Waals surface area contributed by atoms with Crippen LogP contribution in [0.25, 0.3) is 11.1 Å². The molecule has 0 fully saturated rings. The predicted octanol–water partition coefficient (Wildman–Crippen LogP) is 0.413. The third kappa shape index (κ3) is 7.35. The molecule has 0 bridgehead atoms. The molecular formula is C34H26O23. The zero-order valence-electron chi connectivity index (χ0n) is 27.9. The Morgan fingerprint density at radius 3 is 1.37 bits per heavy atom. The second kappa shape index (κ2) is 14.9. The van der Waals surface area contributed by atoms with Crippen molar-refractivity contribution in [2.45, 2.75) is 24.4 Å². The molecular weight excluding hydrogens is 776 g/mol. The van der Waals surface area contributed by atoms with Crippen LogP contribution in [0.1, 0.15) is 41.4 Å². The smallest absolute Gasteiger partial charge is 0.349 e. The average molecular weight is 803 g/mol. The number of phenols is 12. The Kier molecular flexibility index (Phi) is 10.5. The maximum absolute atomic E-state index is 13.9. The van der Waals surface area contributed by atoms with Crippen LogP contribution in [-0.4, -0.2) is 132 Å². The highest BCUT2D eigenvalue weighted by Crippen LogP contribution is 2.53. The molecule has 0 aliphatic carbocycles. The molecule has 0 radical (unpaired) electrons. The zero-order valence-corrected chi connectivity index (χ0v) is 27.9. The van der Waals surface area contributed by atoms with Gasteiger partial charge in [0.2, 0.25) is 17.6 Å². The van der Waals surface area contributed by atoms with Gasteiger partial charge in [0.1, 0.15) is 12.7 Å². The molecule has 23 heteroatoms. The molecule has 4 aromatic carbocycles. The Balaban J connectivity index is 1.68. The van der Waals surface area contributed by atoms with Gasteiger partial charge in [-0.1, -0.05) is 0 Å². The third-order valence-corrected chi connectivity index (χ3v) is 8.16. The number of carboxylic acid groups (broad SMARTS) is 1. The van der Waals surface area contributed by atoms with Crippen molar-refractivity contribution in [1.82, 2.24) is 0 Å². The summed E-state index contributed by atoms with van der Waals surface area (Å²) in [5, 5.41) is 143. The minimum Gasteiger partial charge on any atom is -0.504 e. The lowest BCUT2D eigenvalue weighted by atomic mass is 9.91. The van der Waals surface area contributed by atoms with Gasteiger partial charge in [0, 0.05) is 11.1 Å². The number of aromatic hydroxyl groups is 12. The number of ether oxygens (including phenoxy) is 4. The number of carbonyl (C=O) groups is 5. The molecule has 4 atom stereocenters. The number of rotatable bonds is 8. The van der Waals surface area contributed by atoms with Crippen molar-refractivity contribution in [2.75, 3.05) is 6.61 Å². The number of fused-ring (bicyclic) bond motifs is 3. The van der Waals surface area contributed by atoms with Crippen LogP contribution in [0.5, 0.6) is 69.0 Å². The van der Waals surface area contributed by atoms with E-state index >= 15 is 0 Å². The number of hydrogen-bond acceptors (Lipinski definition) is 22. The highest BCUT2D eigenvalue weighted by molar-refractivity contribution is 6.09. The normalized spacial score (nSPS) is 16.2. The number of aliphatic hydroxyl groups excluding tert-OH is 1. The summed E-state index contributed by atoms with van der Waals surface area (Å²) in [5.41, 5.74) is -6.04. The minimum atomic E-state index is -2.94. The average Bonchev–Trinajstić information content (AvgIpc) is 3.15. The van der Waals surface area contributed by atoms with Crippen molar-refractivity contribution in [3.63, 3.8) is 0 Å². The van der Waals surface area contributed by atoms with E-state index in [0.717, 1.165) is 0 Å². The summed E-state index contributed by atoms with van der Waals surface area (Å²) >= 11 is 0. The number of aliphatic carboxylic acids is 1. The third-order valence-electron chi connectivity index (χ3n) is 8.16. The van der Waals surface area contributed by atoms with Crippen molar-refractivity contribution >= 4 is 29.8 Å². The number of esters is 4. The van der Waals surface area contributed by atoms with E-state index < -0.39 is 163 Å². The van der Waals surface area contributed by atoms with Gasteiger partial charge in [-0.3, -0.25) is 0 Å². The molecule has 1 heterocycles. The maximum Gasteiger partial charge on any atom is 0.349 e. The molecule has 0 aromatic heterocycles. The molecule has 5 rings (SSSR count). The first-order valence-electron chi connectivity index (χ1n) is 15.4. The van der Waals surface area contributed by atoms with Crippen LogP contribution in [0.2, 0.25) is 0 Å². The quantitative estimate of drug-likeness (QED) is 0.0651. The van der Waals surface area contributed by atoms with Gasteiger partial charge >= 0.3 is 29.8 Å². The van der Waals surface area contributed by atoms with Gasteiger partial charge in [-0.2, -0.15) is 0 Å². The van der Waals surface area contributed by atoms with E-state index in [4.69, 9.17) is 18.9 Å². The van der Waals surface area contributed by atoms with Gasteiger partial charge in [0.25, 0.3) is 0 Å². The fraction of sp³-hybridized carbons (Fsp3) is 0.147. The lowest BCUT2D eigenvalue weighted by molar-refractivity contribution is -0.166. The Morgan fingerprint density at radius 1 is 0.561 bits per heavy atom. The summed E-state index contributed by atoms with van der Waals surface area (Å²) in [6.07, 6.45) is -11.1. The second-order valence-corrected chi connectivity index (χ2v) is 11.8. The molecule has 0 spiro atoms. The maximum atomic E-state index is 13.9. The molecule has 4 unspecified atom stereocenters. The van der Waals surface area contributed by atoms with Crippen LogP contribution in [-0.2, 0) is 23.7 Å². The van der Waals surface area contributed by atoms with E-state index in [1.165, 1.54) is 0 Å². The summed E-state index contributed by atoms with van der Waals surface area (Å²) in [6, 6.07) is 2.90. The molecule has 14 N–H and O–H groups in total. The Hall–Kier alpha value is -8.21. The van der Waals surface area contributed by atoms with Gasteiger partial charge in [0.05, 0.1) is 22.3 Å². The van der Waals surface area contributed by atoms with Crippen LogP contribution in [0.4, 0.5) is 0 Å². The van der Waals surface area contributed by atoms with Crippen molar-refractivity contribution in [2.24, 2.45) is 0 Å². The van der Waals surface area contributed by atoms with Crippen LogP contribution in [0.15, 0.2) is 36.4 Å². The topological polar surface area (TPSA) is 405 Å². The molecule has 0 amide bonds. The number of phenolic OH excluding ortho intramolecular Hbond substituents is 12. The summed E-state index contributed by atoms with van der Waals surface area (Å²) < 4.78 is 20.4. The Morgan fingerprint density at radius 2 is 0.947 bits per heavy atom. The van der Waals surface area contributed by atoms with Gasteiger partial charge < -0.3 is 90.4 Å². The lowest BCUT2D eigenvalue weighted by Crippen LogP contribution is -2.54. The Labute approximate surface area is 314 Å². The highest BCUT2D eigenvalue weighted by Gasteiger charge is 2.48. The summed E-state index contributed by atoms with van der Waals surface area (Å²) in [4.78, 5) is 66.5. The van der Waals surface area contributed by atoms with Crippen molar-refractivity contribution in [3.8, 4) is 80.1 Å². The fourth-order valence-corrected chi connectivity index (χ4v) is 5.38. The van der Waals surface area contributed by atoms with Gasteiger partial charge in [0.15, 0.2) is 69.7 Å². The number of cyclic esters (lactones) is 2. The van der Waals surface area contributed by atoms with E-state index in [2.05, 4.69) is 0 Å². The first-order chi connectivity index (χ1) is 26.6. The molecule has 4 aromatic rings. The predicted molar refractivity (Wildman–Crippen MR) is 176 cm³/mol. The molecule has 1 aliphatic rings. The van der Waals surface area contributed by atoms with E-state index in [1.54, 1.807) is 0 Å².